The smallest absolute Gasteiger partial charge is 0.252 e. The zero-order valence-corrected chi connectivity index (χ0v) is 10.2. The Balaban J connectivity index is 2.00. The lowest BCUT2D eigenvalue weighted by molar-refractivity contribution is -0.152. The maximum Gasteiger partial charge on any atom is 0.252 e. The van der Waals surface area contributed by atoms with Gasteiger partial charge in [-0.25, -0.2) is 0 Å². The van der Waals surface area contributed by atoms with Crippen LogP contribution in [0.5, 0.6) is 0 Å². The molecule has 2 rings (SSSR count). The van der Waals surface area contributed by atoms with Gasteiger partial charge in [0.05, 0.1) is 0 Å². The largest absolute Gasteiger partial charge is 0.368 e. The highest BCUT2D eigenvalue weighted by Crippen LogP contribution is 2.19. The minimum absolute atomic E-state index is 0.184. The van der Waals surface area contributed by atoms with Crippen molar-refractivity contribution >= 4 is 5.91 Å². The first-order valence-electron chi connectivity index (χ1n) is 6.34. The number of nitrogens with one attached hydrogen (secondary N) is 1. The Morgan fingerprint density at radius 3 is 2.50 bits per heavy atom. The molecule has 4 nitrogen and oxygen atoms in total. The van der Waals surface area contributed by atoms with Crippen molar-refractivity contribution in [2.75, 3.05) is 19.7 Å². The molecule has 0 aromatic carbocycles. The molecule has 0 aromatic heterocycles. The Bertz CT molecular complexity index is 241. The van der Waals surface area contributed by atoms with Crippen molar-refractivity contribution in [2.24, 2.45) is 0 Å². The van der Waals surface area contributed by atoms with Gasteiger partial charge in [0.2, 0.25) is 0 Å². The van der Waals surface area contributed by atoms with Gasteiger partial charge in [0.1, 0.15) is 6.10 Å². The van der Waals surface area contributed by atoms with Crippen LogP contribution in [0.4, 0.5) is 0 Å². The third-order valence-electron chi connectivity index (χ3n) is 3.54. The SMILES string of the molecule is CC1CNCC(C)N1C(=O)C1CCCCO1. The van der Waals surface area contributed by atoms with E-state index in [2.05, 4.69) is 19.2 Å². The molecule has 0 saturated carbocycles. The van der Waals surface area contributed by atoms with E-state index in [-0.39, 0.29) is 24.1 Å². The van der Waals surface area contributed by atoms with E-state index in [1.807, 2.05) is 4.90 Å². The van der Waals surface area contributed by atoms with Gasteiger partial charge in [-0.2, -0.15) is 0 Å². The van der Waals surface area contributed by atoms with E-state index >= 15 is 0 Å². The van der Waals surface area contributed by atoms with Crippen LogP contribution in [-0.2, 0) is 9.53 Å². The highest BCUT2D eigenvalue weighted by Gasteiger charge is 2.34. The van der Waals surface area contributed by atoms with Crippen molar-refractivity contribution in [3.05, 3.63) is 0 Å². The summed E-state index contributed by atoms with van der Waals surface area (Å²) >= 11 is 0. The van der Waals surface area contributed by atoms with Crippen LogP contribution in [0, 0.1) is 0 Å². The second-order valence-electron chi connectivity index (χ2n) is 4.96. The minimum atomic E-state index is -0.184. The highest BCUT2D eigenvalue weighted by molar-refractivity contribution is 5.81. The molecule has 3 atom stereocenters. The van der Waals surface area contributed by atoms with Gasteiger partial charge in [0.25, 0.3) is 5.91 Å². The number of carbonyl (C=O) groups excluding carboxylic acids is 1. The van der Waals surface area contributed by atoms with E-state index in [0.717, 1.165) is 39.0 Å². The van der Waals surface area contributed by atoms with Crippen LogP contribution in [0.25, 0.3) is 0 Å². The maximum absolute atomic E-state index is 12.3. The molecule has 4 heteroatoms. The number of carbonyl (C=O) groups is 1. The number of hydrogen-bond acceptors (Lipinski definition) is 3. The average Bonchev–Trinajstić information content (AvgIpc) is 2.30. The molecule has 0 radical (unpaired) electrons. The third kappa shape index (κ3) is 2.38. The number of rotatable bonds is 1. The van der Waals surface area contributed by atoms with Crippen LogP contribution in [0.1, 0.15) is 33.1 Å². The summed E-state index contributed by atoms with van der Waals surface area (Å²) in [5.74, 6) is 0.196. The zero-order valence-electron chi connectivity index (χ0n) is 10.2. The summed E-state index contributed by atoms with van der Waals surface area (Å²) in [5, 5.41) is 3.34. The van der Waals surface area contributed by atoms with Gasteiger partial charge >= 0.3 is 0 Å². The zero-order chi connectivity index (χ0) is 11.5. The normalized spacial score (nSPS) is 36.1. The van der Waals surface area contributed by atoms with Crippen molar-refractivity contribution in [1.29, 1.82) is 0 Å². The molecule has 2 saturated heterocycles. The van der Waals surface area contributed by atoms with Gasteiger partial charge in [-0.3, -0.25) is 4.79 Å². The van der Waals surface area contributed by atoms with E-state index in [1.165, 1.54) is 0 Å². The first-order chi connectivity index (χ1) is 7.70. The fraction of sp³-hybridized carbons (Fsp3) is 0.917. The molecule has 1 amide bonds. The standard InChI is InChI=1S/C12H22N2O2/c1-9-7-13-8-10(2)14(9)12(15)11-5-3-4-6-16-11/h9-11,13H,3-8H2,1-2H3. The highest BCUT2D eigenvalue weighted by atomic mass is 16.5. The third-order valence-corrected chi connectivity index (χ3v) is 3.54. The lowest BCUT2D eigenvalue weighted by Crippen LogP contribution is -2.59. The van der Waals surface area contributed by atoms with Crippen LogP contribution in [0.2, 0.25) is 0 Å². The Kier molecular flexibility index (Phi) is 3.82. The Morgan fingerprint density at radius 2 is 1.94 bits per heavy atom. The van der Waals surface area contributed by atoms with E-state index < -0.39 is 0 Å². The van der Waals surface area contributed by atoms with Crippen LogP contribution < -0.4 is 5.32 Å². The van der Waals surface area contributed by atoms with Gasteiger partial charge in [0, 0.05) is 31.8 Å². The van der Waals surface area contributed by atoms with Crippen LogP contribution in [0.15, 0.2) is 0 Å². The topological polar surface area (TPSA) is 41.6 Å². The molecule has 2 aliphatic rings. The molecule has 2 aliphatic heterocycles. The Hall–Kier alpha value is -0.610. The van der Waals surface area contributed by atoms with Gasteiger partial charge in [0.15, 0.2) is 0 Å². The first kappa shape index (κ1) is 11.9. The molecule has 2 heterocycles. The predicted molar refractivity (Wildman–Crippen MR) is 62.2 cm³/mol. The summed E-state index contributed by atoms with van der Waals surface area (Å²) in [5.41, 5.74) is 0. The summed E-state index contributed by atoms with van der Waals surface area (Å²) in [6, 6.07) is 0.559. The quantitative estimate of drug-likeness (QED) is 0.718. The number of nitrogens with zero attached hydrogens (tertiary/aromatic N) is 1. The van der Waals surface area contributed by atoms with Gasteiger partial charge < -0.3 is 15.0 Å². The van der Waals surface area contributed by atoms with Gasteiger partial charge in [-0.15, -0.1) is 0 Å². The molecule has 0 spiro atoms. The first-order valence-corrected chi connectivity index (χ1v) is 6.34. The summed E-state index contributed by atoms with van der Waals surface area (Å²) in [6.45, 7) is 6.73. The lowest BCUT2D eigenvalue weighted by atomic mass is 10.0. The molecule has 0 bridgehead atoms. The molecule has 16 heavy (non-hydrogen) atoms. The van der Waals surface area contributed by atoms with Gasteiger partial charge in [-0.05, 0) is 33.1 Å². The summed E-state index contributed by atoms with van der Waals surface area (Å²) in [7, 11) is 0. The van der Waals surface area contributed by atoms with Crippen molar-refractivity contribution in [1.82, 2.24) is 10.2 Å². The molecular formula is C12H22N2O2. The molecule has 0 aromatic rings. The van der Waals surface area contributed by atoms with E-state index in [4.69, 9.17) is 4.74 Å². The van der Waals surface area contributed by atoms with E-state index in [0.29, 0.717) is 0 Å². The van der Waals surface area contributed by atoms with E-state index in [9.17, 15) is 4.79 Å². The Labute approximate surface area is 97.3 Å². The second kappa shape index (κ2) is 5.15. The summed E-state index contributed by atoms with van der Waals surface area (Å²) < 4.78 is 5.58. The number of ether oxygens (including phenoxy) is 1. The maximum atomic E-state index is 12.3. The number of amides is 1. The minimum Gasteiger partial charge on any atom is -0.368 e. The molecule has 0 aliphatic carbocycles. The molecule has 92 valence electrons. The van der Waals surface area contributed by atoms with Crippen molar-refractivity contribution in [3.8, 4) is 0 Å². The molecule has 1 N–H and O–H groups in total. The summed E-state index contributed by atoms with van der Waals surface area (Å²) in [6.07, 6.45) is 2.92. The molecule has 3 unspecified atom stereocenters. The fourth-order valence-corrected chi connectivity index (χ4v) is 2.67. The summed E-state index contributed by atoms with van der Waals surface area (Å²) in [4.78, 5) is 14.4. The Morgan fingerprint density at radius 1 is 1.25 bits per heavy atom. The van der Waals surface area contributed by atoms with Crippen molar-refractivity contribution in [3.63, 3.8) is 0 Å². The second-order valence-corrected chi connectivity index (χ2v) is 4.96. The lowest BCUT2D eigenvalue weighted by Gasteiger charge is -2.41. The van der Waals surface area contributed by atoms with Crippen LogP contribution in [-0.4, -0.2) is 48.7 Å². The predicted octanol–water partition coefficient (Wildman–Crippen LogP) is 0.764. The van der Waals surface area contributed by atoms with Crippen LogP contribution >= 0.6 is 0 Å². The molecular weight excluding hydrogens is 204 g/mol. The molecule has 2 fully saturated rings. The van der Waals surface area contributed by atoms with Gasteiger partial charge in [-0.1, -0.05) is 0 Å². The van der Waals surface area contributed by atoms with Crippen molar-refractivity contribution < 1.29 is 9.53 Å². The average molecular weight is 226 g/mol. The van der Waals surface area contributed by atoms with E-state index in [1.54, 1.807) is 0 Å². The van der Waals surface area contributed by atoms with Crippen molar-refractivity contribution in [2.45, 2.75) is 51.3 Å². The fourth-order valence-electron chi connectivity index (χ4n) is 2.67. The van der Waals surface area contributed by atoms with Crippen LogP contribution in [0.3, 0.4) is 0 Å². The monoisotopic (exact) mass is 226 g/mol. The number of hydrogen-bond donors (Lipinski definition) is 1. The number of piperazine rings is 1.